The van der Waals surface area contributed by atoms with Crippen LogP contribution in [0.25, 0.3) is 0 Å². The lowest BCUT2D eigenvalue weighted by atomic mass is 9.80. The number of carbonyl (C=O) groups excluding carboxylic acids is 2. The van der Waals surface area contributed by atoms with Crippen molar-refractivity contribution in [2.45, 2.75) is 32.3 Å². The van der Waals surface area contributed by atoms with E-state index in [9.17, 15) is 9.59 Å². The minimum atomic E-state index is -0.436. The maximum Gasteiger partial charge on any atom is 0.251 e. The van der Waals surface area contributed by atoms with Crippen LogP contribution in [0.4, 0.5) is 0 Å². The van der Waals surface area contributed by atoms with Crippen molar-refractivity contribution in [1.82, 2.24) is 10.3 Å². The van der Waals surface area contributed by atoms with Crippen LogP contribution in [0.15, 0.2) is 48.5 Å². The summed E-state index contributed by atoms with van der Waals surface area (Å²) in [6.45, 7) is 5.54. The molecule has 1 aliphatic heterocycles. The molecule has 1 N–H and O–H groups in total. The number of Topliss-reactive ketones (excluding diaryl/α,β-unsaturated/α-hetero) is 1. The summed E-state index contributed by atoms with van der Waals surface area (Å²) >= 11 is 6.30. The SMILES string of the molecule is COc1ccc(COCCOc2ccc(C(=O)NCC(=O)c3cc4c(c(Cl)n3)OCCC4(C)C)cc2OC)cc1. The lowest BCUT2D eigenvalue weighted by Crippen LogP contribution is -2.31. The number of amides is 1. The molecule has 1 aliphatic rings. The van der Waals surface area contributed by atoms with E-state index in [2.05, 4.69) is 24.1 Å². The highest BCUT2D eigenvalue weighted by atomic mass is 35.5. The Morgan fingerprint density at radius 2 is 1.80 bits per heavy atom. The molecule has 0 saturated heterocycles. The third-order valence-corrected chi connectivity index (χ3v) is 6.92. The number of fused-ring (bicyclic) bond motifs is 1. The summed E-state index contributed by atoms with van der Waals surface area (Å²) in [4.78, 5) is 29.8. The summed E-state index contributed by atoms with van der Waals surface area (Å²) in [6.07, 6.45) is 0.795. The number of hydrogen-bond acceptors (Lipinski definition) is 8. The topological polar surface area (TPSA) is 105 Å². The zero-order chi connectivity index (χ0) is 28.7. The average Bonchev–Trinajstić information content (AvgIpc) is 2.96. The Morgan fingerprint density at radius 1 is 1.02 bits per heavy atom. The van der Waals surface area contributed by atoms with E-state index in [1.807, 2.05) is 24.3 Å². The molecule has 3 aromatic rings. The quantitative estimate of drug-likeness (QED) is 0.184. The van der Waals surface area contributed by atoms with Crippen molar-refractivity contribution in [1.29, 1.82) is 0 Å². The van der Waals surface area contributed by atoms with Gasteiger partial charge in [0.05, 0.1) is 40.6 Å². The number of hydrogen-bond donors (Lipinski definition) is 1. The third kappa shape index (κ3) is 7.03. The number of ketones is 1. The molecular formula is C30H33ClN2O7. The number of carbonyl (C=O) groups is 2. The van der Waals surface area contributed by atoms with Crippen LogP contribution >= 0.6 is 11.6 Å². The standard InChI is InChI=1S/C30H33ClN2O7/c1-30(2)11-12-40-27-22(30)16-23(33-28(27)31)24(34)17-32-29(35)20-7-10-25(26(15-20)37-4)39-14-13-38-18-19-5-8-21(36-3)9-6-19/h5-10,15-16H,11-14,17-18H2,1-4H3,(H,32,35). The lowest BCUT2D eigenvalue weighted by molar-refractivity contribution is 0.0877. The number of nitrogens with one attached hydrogen (secondary N) is 1. The van der Waals surface area contributed by atoms with Crippen LogP contribution < -0.4 is 24.3 Å². The van der Waals surface area contributed by atoms with Gasteiger partial charge in [-0.05, 0) is 53.8 Å². The minimum Gasteiger partial charge on any atom is -0.497 e. The fourth-order valence-corrected chi connectivity index (χ4v) is 4.48. The van der Waals surface area contributed by atoms with Gasteiger partial charge in [-0.2, -0.15) is 0 Å². The number of aromatic nitrogens is 1. The molecule has 0 spiro atoms. The molecule has 1 amide bonds. The van der Waals surface area contributed by atoms with Crippen LogP contribution in [0.3, 0.4) is 0 Å². The monoisotopic (exact) mass is 568 g/mol. The van der Waals surface area contributed by atoms with Crippen molar-refractivity contribution in [3.05, 3.63) is 76.1 Å². The average molecular weight is 569 g/mol. The van der Waals surface area contributed by atoms with Crippen LogP contribution in [-0.2, 0) is 16.8 Å². The summed E-state index contributed by atoms with van der Waals surface area (Å²) < 4.78 is 27.7. The minimum absolute atomic E-state index is 0.145. The maximum atomic E-state index is 12.9. The van der Waals surface area contributed by atoms with Gasteiger partial charge in [0.25, 0.3) is 5.91 Å². The van der Waals surface area contributed by atoms with Crippen LogP contribution in [0.2, 0.25) is 5.15 Å². The van der Waals surface area contributed by atoms with Gasteiger partial charge in [-0.25, -0.2) is 4.98 Å². The predicted molar refractivity (Wildman–Crippen MR) is 150 cm³/mol. The first-order chi connectivity index (χ1) is 19.2. The van der Waals surface area contributed by atoms with E-state index in [-0.39, 0.29) is 28.6 Å². The number of halogens is 1. The maximum absolute atomic E-state index is 12.9. The smallest absolute Gasteiger partial charge is 0.251 e. The van der Waals surface area contributed by atoms with E-state index in [0.29, 0.717) is 49.2 Å². The van der Waals surface area contributed by atoms with E-state index < -0.39 is 5.91 Å². The molecule has 0 radical (unpaired) electrons. The van der Waals surface area contributed by atoms with E-state index in [0.717, 1.165) is 23.3 Å². The second kappa shape index (κ2) is 13.0. The zero-order valence-corrected chi connectivity index (χ0v) is 23.8. The first-order valence-electron chi connectivity index (χ1n) is 12.9. The second-order valence-electron chi connectivity index (χ2n) is 9.88. The number of methoxy groups -OCH3 is 2. The van der Waals surface area contributed by atoms with Gasteiger partial charge in [0.15, 0.2) is 28.2 Å². The van der Waals surface area contributed by atoms with E-state index in [1.54, 1.807) is 31.4 Å². The molecule has 9 nitrogen and oxygen atoms in total. The van der Waals surface area contributed by atoms with Gasteiger partial charge in [-0.15, -0.1) is 0 Å². The van der Waals surface area contributed by atoms with Gasteiger partial charge >= 0.3 is 0 Å². The number of nitrogens with zero attached hydrogens (tertiary/aromatic N) is 1. The van der Waals surface area contributed by atoms with Gasteiger partial charge in [-0.1, -0.05) is 37.6 Å². The Balaban J connectivity index is 1.29. The molecule has 1 aromatic heterocycles. The molecule has 0 bridgehead atoms. The Morgan fingerprint density at radius 3 is 2.52 bits per heavy atom. The van der Waals surface area contributed by atoms with Crippen molar-refractivity contribution < 1.29 is 33.3 Å². The number of benzene rings is 2. The van der Waals surface area contributed by atoms with Gasteiger partial charge in [0, 0.05) is 11.1 Å². The molecule has 40 heavy (non-hydrogen) atoms. The number of pyridine rings is 1. The summed E-state index contributed by atoms with van der Waals surface area (Å²) in [5.41, 5.74) is 2.15. The van der Waals surface area contributed by atoms with Crippen molar-refractivity contribution in [2.24, 2.45) is 0 Å². The van der Waals surface area contributed by atoms with Gasteiger partial charge in [0.1, 0.15) is 18.1 Å². The highest BCUT2D eigenvalue weighted by Crippen LogP contribution is 2.42. The van der Waals surface area contributed by atoms with Gasteiger partial charge in [-0.3, -0.25) is 9.59 Å². The van der Waals surface area contributed by atoms with Gasteiger partial charge < -0.3 is 29.0 Å². The fraction of sp³-hybridized carbons (Fsp3) is 0.367. The Kier molecular flexibility index (Phi) is 9.50. The molecule has 0 saturated carbocycles. The molecule has 212 valence electrons. The Hall–Kier alpha value is -3.82. The van der Waals surface area contributed by atoms with Crippen LogP contribution in [0.5, 0.6) is 23.0 Å². The molecule has 0 fully saturated rings. The van der Waals surface area contributed by atoms with Crippen molar-refractivity contribution in [3.8, 4) is 23.0 Å². The first kappa shape index (κ1) is 29.2. The molecular weight excluding hydrogens is 536 g/mol. The Labute approximate surface area is 238 Å². The molecule has 2 aromatic carbocycles. The number of rotatable bonds is 12. The van der Waals surface area contributed by atoms with Crippen LogP contribution in [0.1, 0.15) is 52.2 Å². The summed E-state index contributed by atoms with van der Waals surface area (Å²) in [7, 11) is 3.11. The molecule has 10 heteroatoms. The summed E-state index contributed by atoms with van der Waals surface area (Å²) in [5.74, 6) is 1.37. The van der Waals surface area contributed by atoms with Gasteiger partial charge in [0.2, 0.25) is 0 Å². The third-order valence-electron chi connectivity index (χ3n) is 6.67. The second-order valence-corrected chi connectivity index (χ2v) is 10.2. The van der Waals surface area contributed by atoms with E-state index in [4.69, 9.17) is 35.3 Å². The highest BCUT2D eigenvalue weighted by molar-refractivity contribution is 6.31. The van der Waals surface area contributed by atoms with Crippen LogP contribution in [-0.4, -0.2) is 57.3 Å². The van der Waals surface area contributed by atoms with Crippen molar-refractivity contribution in [2.75, 3.05) is 40.6 Å². The van der Waals surface area contributed by atoms with Crippen molar-refractivity contribution in [3.63, 3.8) is 0 Å². The van der Waals surface area contributed by atoms with E-state index in [1.165, 1.54) is 7.11 Å². The molecule has 0 aliphatic carbocycles. The molecule has 4 rings (SSSR count). The first-order valence-corrected chi connectivity index (χ1v) is 13.3. The highest BCUT2D eigenvalue weighted by Gasteiger charge is 2.32. The summed E-state index contributed by atoms with van der Waals surface area (Å²) in [5, 5.41) is 2.79. The van der Waals surface area contributed by atoms with E-state index >= 15 is 0 Å². The molecule has 0 unspecified atom stereocenters. The molecule has 0 atom stereocenters. The number of ether oxygens (including phenoxy) is 5. The Bertz CT molecular complexity index is 1360. The lowest BCUT2D eigenvalue weighted by Gasteiger charge is -2.32. The molecule has 2 heterocycles. The zero-order valence-electron chi connectivity index (χ0n) is 23.0. The summed E-state index contributed by atoms with van der Waals surface area (Å²) in [6, 6.07) is 14.1. The largest absolute Gasteiger partial charge is 0.497 e. The fourth-order valence-electron chi connectivity index (χ4n) is 4.23. The normalized spacial score (nSPS) is 13.5. The van der Waals surface area contributed by atoms with Crippen LogP contribution in [0, 0.1) is 0 Å². The van der Waals surface area contributed by atoms with Crippen molar-refractivity contribution >= 4 is 23.3 Å². The predicted octanol–water partition coefficient (Wildman–Crippen LogP) is 5.02.